The van der Waals surface area contributed by atoms with Crippen molar-refractivity contribution >= 4 is 27.3 Å². The number of hydrogen-bond donors (Lipinski definition) is 0. The first-order valence-corrected chi connectivity index (χ1v) is 14.5. The van der Waals surface area contributed by atoms with Gasteiger partial charge in [0.05, 0.1) is 6.04 Å². The minimum absolute atomic E-state index is 0.0854. The van der Waals surface area contributed by atoms with Crippen LogP contribution in [-0.2, 0) is 17.9 Å². The van der Waals surface area contributed by atoms with E-state index in [1.807, 2.05) is 11.3 Å². The fourth-order valence-corrected chi connectivity index (χ4v) is 6.67. The van der Waals surface area contributed by atoms with Crippen LogP contribution < -0.4 is 4.74 Å². The Bertz CT molecular complexity index is 1120. The highest BCUT2D eigenvalue weighted by Crippen LogP contribution is 2.26. The van der Waals surface area contributed by atoms with Gasteiger partial charge in [0, 0.05) is 55.4 Å². The van der Waals surface area contributed by atoms with Crippen LogP contribution in [0, 0.1) is 0 Å². The number of ether oxygens (including phenoxy) is 1. The molecule has 1 atom stereocenters. The van der Waals surface area contributed by atoms with Gasteiger partial charge in [-0.25, -0.2) is 0 Å². The van der Waals surface area contributed by atoms with E-state index in [1.54, 1.807) is 0 Å². The van der Waals surface area contributed by atoms with Crippen molar-refractivity contribution in [3.63, 3.8) is 0 Å². The minimum atomic E-state index is 0.0854. The molecule has 2 aliphatic rings. The van der Waals surface area contributed by atoms with Crippen molar-refractivity contribution in [3.8, 4) is 5.75 Å². The molecule has 0 radical (unpaired) electrons. The molecule has 0 aliphatic carbocycles. The van der Waals surface area contributed by atoms with E-state index < -0.39 is 0 Å². The normalized spacial score (nSPS) is 19.5. The Morgan fingerprint density at radius 1 is 1.00 bits per heavy atom. The van der Waals surface area contributed by atoms with Crippen molar-refractivity contribution in [2.75, 3.05) is 60.0 Å². The van der Waals surface area contributed by atoms with E-state index in [1.165, 1.54) is 33.4 Å². The third-order valence-electron chi connectivity index (χ3n) is 7.69. The molecule has 0 unspecified atom stereocenters. The summed E-state index contributed by atoms with van der Waals surface area (Å²) in [5.74, 6) is 1.25. The van der Waals surface area contributed by atoms with Crippen molar-refractivity contribution in [3.05, 3.63) is 65.0 Å². The van der Waals surface area contributed by atoms with Crippen LogP contribution in [-0.4, -0.2) is 91.5 Å². The molecule has 0 spiro atoms. The highest BCUT2D eigenvalue weighted by molar-refractivity contribution is 7.19. The van der Waals surface area contributed by atoms with Crippen LogP contribution in [0.25, 0.3) is 10.1 Å². The molecule has 198 valence electrons. The highest BCUT2D eigenvalue weighted by Gasteiger charge is 2.31. The first kappa shape index (κ1) is 26.2. The van der Waals surface area contributed by atoms with Gasteiger partial charge in [-0.05, 0) is 68.7 Å². The van der Waals surface area contributed by atoms with Crippen molar-refractivity contribution in [1.82, 2.24) is 19.6 Å². The number of nitrogens with zero attached hydrogens (tertiary/aromatic N) is 4. The molecular weight excluding hydrogens is 480 g/mol. The summed E-state index contributed by atoms with van der Waals surface area (Å²) in [6, 6.07) is 19.5. The Hall–Kier alpha value is -2.45. The number of thiophene rings is 1. The summed E-state index contributed by atoms with van der Waals surface area (Å²) < 4.78 is 7.40. The number of likely N-dealkylation sites (N-methyl/N-ethyl adjacent to an activating group) is 1. The molecule has 1 amide bonds. The van der Waals surface area contributed by atoms with E-state index in [2.05, 4.69) is 88.3 Å². The number of carbonyl (C=O) groups excluding carboxylic acids is 1. The number of benzene rings is 2. The standard InChI is InChI=1S/C30H40N4O2S/c1-31(23-27-21-25-7-3-4-9-29(25)37-27)22-24-10-12-26(13-11-24)36-20-19-33-15-17-34(18-16-33)30(35)28-8-5-6-14-32(28)2/h3-4,7,9-13,21,28H,5-6,8,14-20,22-23H2,1-2H3/t28-/m0/s1. The van der Waals surface area contributed by atoms with Gasteiger partial charge in [0.1, 0.15) is 12.4 Å². The summed E-state index contributed by atoms with van der Waals surface area (Å²) in [4.78, 5) is 23.4. The average Bonchev–Trinajstić information content (AvgIpc) is 3.32. The lowest BCUT2D eigenvalue weighted by molar-refractivity contribution is -0.139. The average molecular weight is 521 g/mol. The third-order valence-corrected chi connectivity index (χ3v) is 8.79. The van der Waals surface area contributed by atoms with Crippen molar-refractivity contribution in [2.24, 2.45) is 0 Å². The van der Waals surface area contributed by atoms with Crippen molar-refractivity contribution in [1.29, 1.82) is 0 Å². The monoisotopic (exact) mass is 520 g/mol. The largest absolute Gasteiger partial charge is 0.492 e. The molecule has 2 saturated heterocycles. The molecule has 3 heterocycles. The lowest BCUT2D eigenvalue weighted by atomic mass is 10.0. The maximum atomic E-state index is 12.9. The van der Waals surface area contributed by atoms with Gasteiger partial charge in [0.2, 0.25) is 5.91 Å². The summed E-state index contributed by atoms with van der Waals surface area (Å²) in [6.45, 7) is 7.97. The predicted octanol–water partition coefficient (Wildman–Crippen LogP) is 4.54. The first-order valence-electron chi connectivity index (χ1n) is 13.6. The lowest BCUT2D eigenvalue weighted by Crippen LogP contribution is -2.55. The molecule has 5 rings (SSSR count). The molecule has 2 aliphatic heterocycles. The molecule has 0 bridgehead atoms. The number of rotatable bonds is 9. The molecule has 2 aromatic carbocycles. The topological polar surface area (TPSA) is 39.3 Å². The maximum Gasteiger partial charge on any atom is 0.240 e. The van der Waals surface area contributed by atoms with Crippen LogP contribution in [0.5, 0.6) is 5.75 Å². The fourth-order valence-electron chi connectivity index (χ4n) is 5.52. The molecule has 1 aromatic heterocycles. The van der Waals surface area contributed by atoms with Gasteiger partial charge < -0.3 is 9.64 Å². The number of amides is 1. The Balaban J connectivity index is 1.01. The second-order valence-electron chi connectivity index (χ2n) is 10.6. The van der Waals surface area contributed by atoms with Crippen LogP contribution in [0.3, 0.4) is 0 Å². The van der Waals surface area contributed by atoms with Crippen LogP contribution >= 0.6 is 11.3 Å². The zero-order valence-electron chi connectivity index (χ0n) is 22.3. The van der Waals surface area contributed by atoms with Crippen LogP contribution in [0.4, 0.5) is 0 Å². The summed E-state index contributed by atoms with van der Waals surface area (Å²) >= 11 is 1.88. The smallest absolute Gasteiger partial charge is 0.240 e. The number of piperazine rings is 1. The first-order chi connectivity index (χ1) is 18.0. The SMILES string of the molecule is CN(Cc1ccc(OCCN2CCN(C(=O)[C@@H]3CCCCN3C)CC2)cc1)Cc1cc2ccccc2s1. The van der Waals surface area contributed by atoms with E-state index in [0.29, 0.717) is 12.5 Å². The molecule has 0 saturated carbocycles. The third kappa shape index (κ3) is 6.90. The van der Waals surface area contributed by atoms with Gasteiger partial charge in [0.15, 0.2) is 0 Å². The molecular formula is C30H40N4O2S. The van der Waals surface area contributed by atoms with Gasteiger partial charge in [-0.2, -0.15) is 0 Å². The summed E-state index contributed by atoms with van der Waals surface area (Å²) in [6.07, 6.45) is 3.38. The number of piperidine rings is 1. The molecule has 3 aromatic rings. The predicted molar refractivity (Wildman–Crippen MR) is 152 cm³/mol. The lowest BCUT2D eigenvalue weighted by Gasteiger charge is -2.39. The van der Waals surface area contributed by atoms with Gasteiger partial charge in [-0.1, -0.05) is 36.8 Å². The molecule has 7 heteroatoms. The molecule has 37 heavy (non-hydrogen) atoms. The Kier molecular flexibility index (Phi) is 8.77. The van der Waals surface area contributed by atoms with E-state index >= 15 is 0 Å². The molecule has 0 N–H and O–H groups in total. The highest BCUT2D eigenvalue weighted by atomic mass is 32.1. The van der Waals surface area contributed by atoms with Crippen LogP contribution in [0.1, 0.15) is 29.7 Å². The Morgan fingerprint density at radius 3 is 2.54 bits per heavy atom. The van der Waals surface area contributed by atoms with Crippen molar-refractivity contribution in [2.45, 2.75) is 38.4 Å². The van der Waals surface area contributed by atoms with E-state index in [4.69, 9.17) is 4.74 Å². The second-order valence-corrected chi connectivity index (χ2v) is 11.7. The van der Waals surface area contributed by atoms with Gasteiger partial charge >= 0.3 is 0 Å². The fraction of sp³-hybridized carbons (Fsp3) is 0.500. The Morgan fingerprint density at radius 2 is 1.78 bits per heavy atom. The quantitative estimate of drug-likeness (QED) is 0.414. The van der Waals surface area contributed by atoms with E-state index in [-0.39, 0.29) is 6.04 Å². The molecule has 2 fully saturated rings. The van der Waals surface area contributed by atoms with Crippen LogP contribution in [0.2, 0.25) is 0 Å². The minimum Gasteiger partial charge on any atom is -0.492 e. The zero-order chi connectivity index (χ0) is 25.6. The van der Waals surface area contributed by atoms with Gasteiger partial charge in [0.25, 0.3) is 0 Å². The van der Waals surface area contributed by atoms with E-state index in [9.17, 15) is 4.79 Å². The maximum absolute atomic E-state index is 12.9. The molecule has 6 nitrogen and oxygen atoms in total. The summed E-state index contributed by atoms with van der Waals surface area (Å²) in [7, 11) is 4.27. The zero-order valence-corrected chi connectivity index (χ0v) is 23.1. The summed E-state index contributed by atoms with van der Waals surface area (Å²) in [5, 5.41) is 1.33. The number of fused-ring (bicyclic) bond motifs is 1. The van der Waals surface area contributed by atoms with Gasteiger partial charge in [-0.3, -0.25) is 19.5 Å². The Labute approximate surface area is 225 Å². The van der Waals surface area contributed by atoms with Crippen molar-refractivity contribution < 1.29 is 9.53 Å². The summed E-state index contributed by atoms with van der Waals surface area (Å²) in [5.41, 5.74) is 1.29. The van der Waals surface area contributed by atoms with Crippen LogP contribution in [0.15, 0.2) is 54.6 Å². The number of carbonyl (C=O) groups is 1. The number of likely N-dealkylation sites (tertiary alicyclic amines) is 1. The number of hydrogen-bond acceptors (Lipinski definition) is 6. The van der Waals surface area contributed by atoms with Gasteiger partial charge in [-0.15, -0.1) is 11.3 Å². The van der Waals surface area contributed by atoms with E-state index in [0.717, 1.165) is 64.5 Å². The second kappa shape index (κ2) is 12.4.